The first-order chi connectivity index (χ1) is 4.77. The Hall–Kier alpha value is 0.210. The fourth-order valence-electron chi connectivity index (χ4n) is 1.55. The summed E-state index contributed by atoms with van der Waals surface area (Å²) in [6.07, 6.45) is 3.40. The van der Waals surface area contributed by atoms with E-state index in [1.807, 2.05) is 0 Å². The molecule has 0 aromatic heterocycles. The van der Waals surface area contributed by atoms with Crippen molar-refractivity contribution in [2.45, 2.75) is 26.2 Å². The Balaban J connectivity index is 0.000001000. The van der Waals surface area contributed by atoms with Gasteiger partial charge in [0.05, 0.1) is 0 Å². The molecular weight excluding hydrogens is 162 g/mol. The summed E-state index contributed by atoms with van der Waals surface area (Å²) < 4.78 is 0. The van der Waals surface area contributed by atoms with Crippen molar-refractivity contribution in [2.75, 3.05) is 19.7 Å². The number of hydrogen-bond donors (Lipinski definition) is 2. The molecule has 0 aliphatic carbocycles. The van der Waals surface area contributed by atoms with Crippen LogP contribution in [0.4, 0.5) is 0 Å². The Bertz CT molecular complexity index is 96.8. The van der Waals surface area contributed by atoms with E-state index in [-0.39, 0.29) is 12.4 Å². The van der Waals surface area contributed by atoms with Gasteiger partial charge in [0.15, 0.2) is 0 Å². The second kappa shape index (κ2) is 4.96. The minimum absolute atomic E-state index is 0. The molecule has 1 heterocycles. The molecule has 0 amide bonds. The van der Waals surface area contributed by atoms with Crippen molar-refractivity contribution in [2.24, 2.45) is 5.41 Å². The van der Waals surface area contributed by atoms with Gasteiger partial charge in [-0.3, -0.25) is 0 Å². The zero-order valence-electron chi connectivity index (χ0n) is 7.10. The predicted molar refractivity (Wildman–Crippen MR) is 49.2 cm³/mol. The van der Waals surface area contributed by atoms with E-state index in [0.717, 1.165) is 19.5 Å². The quantitative estimate of drug-likeness (QED) is 0.668. The highest BCUT2D eigenvalue weighted by atomic mass is 35.5. The highest BCUT2D eigenvalue weighted by molar-refractivity contribution is 5.85. The standard InChI is InChI=1S/C8H17NO.ClH/c1-8(4-7-10)2-5-9-6-3-8;/h9-10H,2-7H2,1H3;1H. The summed E-state index contributed by atoms with van der Waals surface area (Å²) in [6, 6.07) is 0. The maximum absolute atomic E-state index is 8.76. The molecule has 1 rings (SSSR count). The normalized spacial score (nSPS) is 22.4. The van der Waals surface area contributed by atoms with E-state index >= 15 is 0 Å². The van der Waals surface area contributed by atoms with Crippen LogP contribution in [0.25, 0.3) is 0 Å². The van der Waals surface area contributed by atoms with E-state index in [2.05, 4.69) is 12.2 Å². The molecule has 11 heavy (non-hydrogen) atoms. The SMILES string of the molecule is CC1(CCO)CCNCC1.Cl. The molecule has 0 atom stereocenters. The Morgan fingerprint density at radius 1 is 1.36 bits per heavy atom. The van der Waals surface area contributed by atoms with Gasteiger partial charge in [-0.1, -0.05) is 6.92 Å². The van der Waals surface area contributed by atoms with E-state index in [1.54, 1.807) is 0 Å². The van der Waals surface area contributed by atoms with E-state index in [9.17, 15) is 0 Å². The van der Waals surface area contributed by atoms with Gasteiger partial charge in [0, 0.05) is 6.61 Å². The van der Waals surface area contributed by atoms with Gasteiger partial charge in [-0.2, -0.15) is 0 Å². The van der Waals surface area contributed by atoms with Gasteiger partial charge >= 0.3 is 0 Å². The first-order valence-corrected chi connectivity index (χ1v) is 4.08. The molecule has 0 radical (unpaired) electrons. The molecule has 2 N–H and O–H groups in total. The third-order valence-electron chi connectivity index (χ3n) is 2.53. The average Bonchev–Trinajstić information content (AvgIpc) is 1.89. The fraction of sp³-hybridized carbons (Fsp3) is 1.00. The Labute approximate surface area is 74.8 Å². The molecule has 1 aliphatic rings. The largest absolute Gasteiger partial charge is 0.396 e. The van der Waals surface area contributed by atoms with Crippen LogP contribution in [0.2, 0.25) is 0 Å². The van der Waals surface area contributed by atoms with Crippen molar-refractivity contribution >= 4 is 12.4 Å². The molecule has 3 heteroatoms. The summed E-state index contributed by atoms with van der Waals surface area (Å²) in [5, 5.41) is 12.1. The number of piperidine rings is 1. The zero-order valence-corrected chi connectivity index (χ0v) is 7.91. The van der Waals surface area contributed by atoms with Crippen molar-refractivity contribution in [3.63, 3.8) is 0 Å². The van der Waals surface area contributed by atoms with Crippen molar-refractivity contribution in [1.29, 1.82) is 0 Å². The number of nitrogens with one attached hydrogen (secondary N) is 1. The van der Waals surface area contributed by atoms with Crippen LogP contribution in [0.3, 0.4) is 0 Å². The summed E-state index contributed by atoms with van der Waals surface area (Å²) in [5.41, 5.74) is 0.417. The van der Waals surface area contributed by atoms with Crippen molar-refractivity contribution in [3.05, 3.63) is 0 Å². The van der Waals surface area contributed by atoms with Crippen LogP contribution in [0, 0.1) is 5.41 Å². The third kappa shape index (κ3) is 3.41. The Kier molecular flexibility index (Phi) is 5.06. The minimum Gasteiger partial charge on any atom is -0.396 e. The molecular formula is C8H18ClNO. The van der Waals surface area contributed by atoms with Gasteiger partial charge in [-0.15, -0.1) is 12.4 Å². The van der Waals surface area contributed by atoms with E-state index in [1.165, 1.54) is 12.8 Å². The topological polar surface area (TPSA) is 32.3 Å². The number of rotatable bonds is 2. The number of hydrogen-bond acceptors (Lipinski definition) is 2. The van der Waals surface area contributed by atoms with E-state index < -0.39 is 0 Å². The second-order valence-corrected chi connectivity index (χ2v) is 3.53. The minimum atomic E-state index is 0. The van der Waals surface area contributed by atoms with Crippen molar-refractivity contribution in [1.82, 2.24) is 5.32 Å². The molecule has 0 spiro atoms. The third-order valence-corrected chi connectivity index (χ3v) is 2.53. The molecule has 0 unspecified atom stereocenters. The summed E-state index contributed by atoms with van der Waals surface area (Å²) in [4.78, 5) is 0. The first-order valence-electron chi connectivity index (χ1n) is 4.08. The van der Waals surface area contributed by atoms with Gasteiger partial charge in [-0.05, 0) is 37.8 Å². The predicted octanol–water partition coefficient (Wildman–Crippen LogP) is 1.18. The highest BCUT2D eigenvalue weighted by Crippen LogP contribution is 2.30. The Morgan fingerprint density at radius 2 is 1.91 bits per heavy atom. The smallest absolute Gasteiger partial charge is 0.0436 e. The Morgan fingerprint density at radius 3 is 2.36 bits per heavy atom. The summed E-state index contributed by atoms with van der Waals surface area (Å²) in [7, 11) is 0. The van der Waals surface area contributed by atoms with Crippen LogP contribution in [0.15, 0.2) is 0 Å². The fourth-order valence-corrected chi connectivity index (χ4v) is 1.55. The van der Waals surface area contributed by atoms with Crippen molar-refractivity contribution in [3.8, 4) is 0 Å². The van der Waals surface area contributed by atoms with Crippen molar-refractivity contribution < 1.29 is 5.11 Å². The number of aliphatic hydroxyl groups is 1. The molecule has 0 saturated carbocycles. The second-order valence-electron chi connectivity index (χ2n) is 3.53. The monoisotopic (exact) mass is 179 g/mol. The lowest BCUT2D eigenvalue weighted by atomic mass is 9.78. The van der Waals surface area contributed by atoms with Crippen LogP contribution in [0.1, 0.15) is 26.2 Å². The summed E-state index contributed by atoms with van der Waals surface area (Å²) in [6.45, 7) is 4.85. The summed E-state index contributed by atoms with van der Waals surface area (Å²) >= 11 is 0. The van der Waals surface area contributed by atoms with E-state index in [4.69, 9.17) is 5.11 Å². The molecule has 68 valence electrons. The van der Waals surface area contributed by atoms with Gasteiger partial charge in [-0.25, -0.2) is 0 Å². The van der Waals surface area contributed by atoms with Crippen LogP contribution in [-0.2, 0) is 0 Å². The number of halogens is 1. The average molecular weight is 180 g/mol. The molecule has 2 nitrogen and oxygen atoms in total. The molecule has 0 bridgehead atoms. The van der Waals surface area contributed by atoms with Crippen LogP contribution < -0.4 is 5.32 Å². The van der Waals surface area contributed by atoms with Gasteiger partial charge in [0.25, 0.3) is 0 Å². The number of aliphatic hydroxyl groups excluding tert-OH is 1. The maximum Gasteiger partial charge on any atom is 0.0436 e. The van der Waals surface area contributed by atoms with Crippen LogP contribution in [0.5, 0.6) is 0 Å². The van der Waals surface area contributed by atoms with Crippen LogP contribution in [-0.4, -0.2) is 24.8 Å². The first kappa shape index (κ1) is 11.2. The highest BCUT2D eigenvalue weighted by Gasteiger charge is 2.25. The van der Waals surface area contributed by atoms with Gasteiger partial charge in [0.2, 0.25) is 0 Å². The molecule has 0 aromatic rings. The zero-order chi connectivity index (χ0) is 7.45. The molecule has 0 aromatic carbocycles. The van der Waals surface area contributed by atoms with Gasteiger partial charge in [0.1, 0.15) is 0 Å². The lowest BCUT2D eigenvalue weighted by Crippen LogP contribution is -2.35. The lowest BCUT2D eigenvalue weighted by Gasteiger charge is -2.33. The summed E-state index contributed by atoms with van der Waals surface area (Å²) in [5.74, 6) is 0. The maximum atomic E-state index is 8.76. The van der Waals surface area contributed by atoms with Crippen LogP contribution >= 0.6 is 12.4 Å². The van der Waals surface area contributed by atoms with E-state index in [0.29, 0.717) is 12.0 Å². The molecule has 1 aliphatic heterocycles. The lowest BCUT2D eigenvalue weighted by molar-refractivity contribution is 0.156. The molecule has 1 fully saturated rings. The van der Waals surface area contributed by atoms with Gasteiger partial charge < -0.3 is 10.4 Å². The molecule has 1 saturated heterocycles.